The van der Waals surface area contributed by atoms with Crippen LogP contribution < -0.4 is 20.2 Å². The van der Waals surface area contributed by atoms with Gasteiger partial charge in [-0.1, -0.05) is 30.7 Å². The summed E-state index contributed by atoms with van der Waals surface area (Å²) in [4.78, 5) is 39.6. The monoisotopic (exact) mass is 673 g/mol. The van der Waals surface area contributed by atoms with Crippen LogP contribution in [0.5, 0.6) is 11.5 Å². The summed E-state index contributed by atoms with van der Waals surface area (Å²) in [7, 11) is 0. The van der Waals surface area contributed by atoms with E-state index in [0.717, 1.165) is 40.8 Å². The summed E-state index contributed by atoms with van der Waals surface area (Å²) in [6.07, 6.45) is 3.33. The molecule has 1 heterocycles. The zero-order chi connectivity index (χ0) is 33.3. The van der Waals surface area contributed by atoms with Gasteiger partial charge in [0.05, 0.1) is 18.4 Å². The first-order chi connectivity index (χ1) is 22.7. The summed E-state index contributed by atoms with van der Waals surface area (Å²) in [6, 6.07) is 21.2. The summed E-state index contributed by atoms with van der Waals surface area (Å²) >= 11 is 7.36. The van der Waals surface area contributed by atoms with Crippen molar-refractivity contribution in [3.63, 3.8) is 0 Å². The molecule has 9 nitrogen and oxygen atoms in total. The van der Waals surface area contributed by atoms with Crippen LogP contribution in [0.1, 0.15) is 69.5 Å². The van der Waals surface area contributed by atoms with Gasteiger partial charge in [-0.05, 0) is 116 Å². The van der Waals surface area contributed by atoms with Crippen molar-refractivity contribution in [2.24, 2.45) is 11.0 Å². The van der Waals surface area contributed by atoms with Gasteiger partial charge in [-0.2, -0.15) is 5.10 Å². The maximum absolute atomic E-state index is 13.1. The molecule has 0 aliphatic heterocycles. The maximum Gasteiger partial charge on any atom is 0.341 e. The molecule has 1 aliphatic carbocycles. The van der Waals surface area contributed by atoms with Gasteiger partial charge in [0.2, 0.25) is 0 Å². The second-order valence-corrected chi connectivity index (χ2v) is 12.8. The van der Waals surface area contributed by atoms with Crippen LogP contribution in [-0.2, 0) is 29.0 Å². The van der Waals surface area contributed by atoms with Gasteiger partial charge >= 0.3 is 5.97 Å². The lowest BCUT2D eigenvalue weighted by Crippen LogP contribution is -2.33. The number of hydrogen-bond donors (Lipinski definition) is 2. The van der Waals surface area contributed by atoms with E-state index < -0.39 is 18.0 Å². The molecule has 244 valence electrons. The first-order valence-electron chi connectivity index (χ1n) is 15.4. The van der Waals surface area contributed by atoms with E-state index >= 15 is 0 Å². The highest BCUT2D eigenvalue weighted by atomic mass is 35.5. The second kappa shape index (κ2) is 15.8. The molecule has 2 unspecified atom stereocenters. The van der Waals surface area contributed by atoms with Gasteiger partial charge in [0.1, 0.15) is 23.1 Å². The third-order valence-electron chi connectivity index (χ3n) is 7.60. The predicted octanol–water partition coefficient (Wildman–Crippen LogP) is 7.45. The molecule has 0 radical (unpaired) electrons. The number of ether oxygens (including phenoxy) is 3. The number of hydrazone groups is 1. The number of esters is 1. The lowest BCUT2D eigenvalue weighted by Gasteiger charge is -2.18. The van der Waals surface area contributed by atoms with Gasteiger partial charge in [-0.3, -0.25) is 9.59 Å². The quantitative estimate of drug-likeness (QED) is 0.0917. The van der Waals surface area contributed by atoms with E-state index in [2.05, 4.69) is 22.8 Å². The van der Waals surface area contributed by atoms with Crippen LogP contribution in [0.3, 0.4) is 0 Å². The van der Waals surface area contributed by atoms with Crippen molar-refractivity contribution in [1.29, 1.82) is 0 Å². The fourth-order valence-electron chi connectivity index (χ4n) is 5.03. The number of nitrogens with one attached hydrogen (secondary N) is 2. The Morgan fingerprint density at radius 2 is 1.72 bits per heavy atom. The molecule has 2 atom stereocenters. The smallest absolute Gasteiger partial charge is 0.341 e. The van der Waals surface area contributed by atoms with E-state index in [1.165, 1.54) is 17.6 Å². The minimum absolute atomic E-state index is 0.258. The molecule has 0 bridgehead atoms. The lowest BCUT2D eigenvalue weighted by atomic mass is 9.88. The van der Waals surface area contributed by atoms with Gasteiger partial charge in [0.15, 0.2) is 6.10 Å². The van der Waals surface area contributed by atoms with Crippen LogP contribution in [-0.4, -0.2) is 36.7 Å². The molecule has 0 saturated carbocycles. The summed E-state index contributed by atoms with van der Waals surface area (Å²) < 4.78 is 16.9. The number of benzene rings is 3. The molecule has 2 amide bonds. The Kier molecular flexibility index (Phi) is 11.3. The molecule has 1 aliphatic rings. The standard InChI is InChI=1S/C36H36ClN3O6S/c1-4-44-36(43)32-30-18-5-22(2)19-31(30)47-35(32)39-34(42)26-10-16-29(17-11-26)46-23(3)33(41)40-38-20-24-8-14-28(15-9-24)45-21-25-6-12-27(37)13-7-25/h6-17,20,22-23H,4-5,18-19,21H2,1-3H3,(H,39,42)(H,40,41). The third kappa shape index (κ3) is 8.99. The second-order valence-electron chi connectivity index (χ2n) is 11.2. The Morgan fingerprint density at radius 1 is 1.02 bits per heavy atom. The predicted molar refractivity (Wildman–Crippen MR) is 184 cm³/mol. The van der Waals surface area contributed by atoms with Crippen molar-refractivity contribution in [3.8, 4) is 11.5 Å². The number of carbonyl (C=O) groups is 3. The average Bonchev–Trinajstić information content (AvgIpc) is 3.42. The Morgan fingerprint density at radius 3 is 2.43 bits per heavy atom. The van der Waals surface area contributed by atoms with Crippen molar-refractivity contribution in [2.75, 3.05) is 11.9 Å². The van der Waals surface area contributed by atoms with E-state index in [9.17, 15) is 14.4 Å². The van der Waals surface area contributed by atoms with Crippen LogP contribution >= 0.6 is 22.9 Å². The molecule has 2 N–H and O–H groups in total. The Hall–Kier alpha value is -4.67. The van der Waals surface area contributed by atoms with Crippen LogP contribution in [0.25, 0.3) is 0 Å². The summed E-state index contributed by atoms with van der Waals surface area (Å²) in [5.41, 5.74) is 6.10. The third-order valence-corrected chi connectivity index (χ3v) is 9.03. The average molecular weight is 674 g/mol. The fourth-order valence-corrected chi connectivity index (χ4v) is 6.55. The number of carbonyl (C=O) groups excluding carboxylic acids is 3. The van der Waals surface area contributed by atoms with Gasteiger partial charge < -0.3 is 19.5 Å². The largest absolute Gasteiger partial charge is 0.489 e. The van der Waals surface area contributed by atoms with E-state index in [1.807, 2.05) is 48.5 Å². The lowest BCUT2D eigenvalue weighted by molar-refractivity contribution is -0.127. The van der Waals surface area contributed by atoms with Crippen molar-refractivity contribution < 1.29 is 28.6 Å². The van der Waals surface area contributed by atoms with Crippen LogP contribution in [0.15, 0.2) is 77.9 Å². The van der Waals surface area contributed by atoms with E-state index in [0.29, 0.717) is 45.2 Å². The highest BCUT2D eigenvalue weighted by Gasteiger charge is 2.29. The summed E-state index contributed by atoms with van der Waals surface area (Å²) in [6.45, 7) is 6.24. The number of fused-ring (bicyclic) bond motifs is 1. The molecule has 3 aromatic carbocycles. The molecule has 5 rings (SSSR count). The molecule has 0 fully saturated rings. The number of hydrogen-bond acceptors (Lipinski definition) is 8. The molecule has 47 heavy (non-hydrogen) atoms. The minimum atomic E-state index is -0.845. The molecular formula is C36H36ClN3O6S. The van der Waals surface area contributed by atoms with Gasteiger partial charge in [0, 0.05) is 15.5 Å². The van der Waals surface area contributed by atoms with Crippen molar-refractivity contribution >= 4 is 51.9 Å². The van der Waals surface area contributed by atoms with E-state index in [-0.39, 0.29) is 12.5 Å². The number of nitrogens with zero attached hydrogens (tertiary/aromatic N) is 1. The van der Waals surface area contributed by atoms with Crippen molar-refractivity contribution in [1.82, 2.24) is 5.43 Å². The zero-order valence-corrected chi connectivity index (χ0v) is 28.0. The number of amides is 2. The first kappa shape index (κ1) is 33.7. The van der Waals surface area contributed by atoms with E-state index in [4.69, 9.17) is 25.8 Å². The van der Waals surface area contributed by atoms with Crippen molar-refractivity contribution in [2.45, 2.75) is 52.7 Å². The zero-order valence-electron chi connectivity index (χ0n) is 26.4. The molecule has 0 spiro atoms. The van der Waals surface area contributed by atoms with Crippen LogP contribution in [0.2, 0.25) is 5.02 Å². The van der Waals surface area contributed by atoms with Crippen molar-refractivity contribution in [3.05, 3.63) is 111 Å². The number of anilines is 1. The topological polar surface area (TPSA) is 115 Å². The van der Waals surface area contributed by atoms with Gasteiger partial charge in [0.25, 0.3) is 11.8 Å². The Labute approximate surface area is 282 Å². The molecule has 1 aromatic heterocycles. The molecule has 11 heteroatoms. The van der Waals surface area contributed by atoms with E-state index in [1.54, 1.807) is 38.1 Å². The highest BCUT2D eigenvalue weighted by Crippen LogP contribution is 2.40. The number of rotatable bonds is 12. The summed E-state index contributed by atoms with van der Waals surface area (Å²) in [5, 5.41) is 8.14. The van der Waals surface area contributed by atoms with Crippen LogP contribution in [0.4, 0.5) is 5.00 Å². The van der Waals surface area contributed by atoms with Crippen LogP contribution in [0, 0.1) is 5.92 Å². The molecule has 0 saturated heterocycles. The fraction of sp³-hybridized carbons (Fsp3) is 0.278. The first-order valence-corrected chi connectivity index (χ1v) is 16.6. The minimum Gasteiger partial charge on any atom is -0.489 e. The number of halogens is 1. The SMILES string of the molecule is CCOC(=O)c1c(NC(=O)c2ccc(OC(C)C(=O)NN=Cc3ccc(OCc4ccc(Cl)cc4)cc3)cc2)sc2c1CCC(C)C2. The summed E-state index contributed by atoms with van der Waals surface area (Å²) in [5.74, 6) is 0.434. The highest BCUT2D eigenvalue weighted by molar-refractivity contribution is 7.17. The maximum atomic E-state index is 13.1. The number of thiophene rings is 1. The Balaban J connectivity index is 1.11. The van der Waals surface area contributed by atoms with Gasteiger partial charge in [-0.25, -0.2) is 10.2 Å². The Bertz CT molecular complexity index is 1740. The molecule has 4 aromatic rings. The normalized spacial score (nSPS) is 14.6. The van der Waals surface area contributed by atoms with Gasteiger partial charge in [-0.15, -0.1) is 11.3 Å². The molecular weight excluding hydrogens is 638 g/mol.